The predicted molar refractivity (Wildman–Crippen MR) is 117 cm³/mol. The van der Waals surface area contributed by atoms with E-state index in [1.807, 2.05) is 48.5 Å². The Morgan fingerprint density at radius 2 is 1.63 bits per heavy atom. The summed E-state index contributed by atoms with van der Waals surface area (Å²) in [4.78, 5) is 30.1. The summed E-state index contributed by atoms with van der Waals surface area (Å²) >= 11 is 0. The van der Waals surface area contributed by atoms with Gasteiger partial charge < -0.3 is 21.3 Å². The molecule has 1 amide bonds. The molecule has 0 aliphatic heterocycles. The van der Waals surface area contributed by atoms with Crippen LogP contribution in [-0.2, 0) is 9.53 Å². The van der Waals surface area contributed by atoms with Crippen molar-refractivity contribution in [3.8, 4) is 11.1 Å². The minimum atomic E-state index is -1.11. The summed E-state index contributed by atoms with van der Waals surface area (Å²) in [5.41, 5.74) is 14.4. The van der Waals surface area contributed by atoms with Crippen molar-refractivity contribution in [1.29, 1.82) is 0 Å². The third-order valence-electron chi connectivity index (χ3n) is 5.02. The van der Waals surface area contributed by atoms with Gasteiger partial charge in [0, 0.05) is 6.54 Å². The zero-order chi connectivity index (χ0) is 21.0. The van der Waals surface area contributed by atoms with Crippen molar-refractivity contribution in [2.75, 3.05) is 13.7 Å². The highest BCUT2D eigenvalue weighted by atomic mass is 35.5. The van der Waals surface area contributed by atoms with Crippen LogP contribution in [0.2, 0.25) is 0 Å². The van der Waals surface area contributed by atoms with Gasteiger partial charge in [-0.05, 0) is 35.1 Å². The van der Waals surface area contributed by atoms with Crippen LogP contribution in [0.4, 0.5) is 4.79 Å². The summed E-state index contributed by atoms with van der Waals surface area (Å²) in [6, 6.07) is 13.7. The van der Waals surface area contributed by atoms with Crippen LogP contribution in [0, 0.1) is 0 Å². The minimum Gasteiger partial charge on any atom is -0.480 e. The van der Waals surface area contributed by atoms with Gasteiger partial charge in [-0.25, -0.2) is 9.59 Å². The molecule has 0 saturated carbocycles. The van der Waals surface area contributed by atoms with E-state index in [-0.39, 0.29) is 31.3 Å². The molecule has 2 aromatic carbocycles. The molecule has 0 spiro atoms. The van der Waals surface area contributed by atoms with Crippen LogP contribution in [0.5, 0.6) is 0 Å². The average Bonchev–Trinajstić information content (AvgIpc) is 3.04. The first kappa shape index (κ1) is 23.0. The second kappa shape index (κ2) is 9.98. The van der Waals surface area contributed by atoms with E-state index in [1.165, 1.54) is 12.0 Å². The quantitative estimate of drug-likeness (QED) is 0.350. The number of aliphatic carboxylic acids is 1. The lowest BCUT2D eigenvalue weighted by molar-refractivity contribution is -0.143. The number of fused-ring (bicyclic) bond motifs is 3. The number of hydrogen-bond donors (Lipinski definition) is 3. The fraction of sp³-hybridized carbons (Fsp3) is 0.286. The lowest BCUT2D eigenvalue weighted by atomic mass is 10.00. The number of hydrogen-bond acceptors (Lipinski definition) is 4. The van der Waals surface area contributed by atoms with Crippen molar-refractivity contribution in [2.45, 2.75) is 24.9 Å². The number of aliphatic imine (C=N–C) groups is 1. The Morgan fingerprint density at radius 3 is 2.10 bits per heavy atom. The molecule has 1 aliphatic rings. The van der Waals surface area contributed by atoms with Gasteiger partial charge in [0.25, 0.3) is 0 Å². The van der Waals surface area contributed by atoms with Crippen LogP contribution in [0.15, 0.2) is 53.5 Å². The number of halogens is 1. The van der Waals surface area contributed by atoms with E-state index in [2.05, 4.69) is 4.99 Å². The first-order valence-electron chi connectivity index (χ1n) is 9.28. The van der Waals surface area contributed by atoms with E-state index in [1.54, 1.807) is 0 Å². The van der Waals surface area contributed by atoms with E-state index < -0.39 is 24.1 Å². The summed E-state index contributed by atoms with van der Waals surface area (Å²) in [5.74, 6) is -1.16. The molecule has 0 heterocycles. The molecule has 1 atom stereocenters. The first-order chi connectivity index (χ1) is 14.0. The predicted octanol–water partition coefficient (Wildman–Crippen LogP) is 2.75. The molecule has 8 nitrogen and oxygen atoms in total. The number of ether oxygens (including phenoxy) is 1. The Labute approximate surface area is 180 Å². The van der Waals surface area contributed by atoms with Crippen LogP contribution in [0.3, 0.4) is 0 Å². The van der Waals surface area contributed by atoms with Crippen molar-refractivity contribution in [1.82, 2.24) is 4.90 Å². The number of nitrogens with zero attached hydrogens (tertiary/aromatic N) is 2. The van der Waals surface area contributed by atoms with Gasteiger partial charge in [0.2, 0.25) is 0 Å². The average molecular weight is 433 g/mol. The van der Waals surface area contributed by atoms with Gasteiger partial charge in [-0.1, -0.05) is 48.5 Å². The third-order valence-corrected chi connectivity index (χ3v) is 5.02. The van der Waals surface area contributed by atoms with Gasteiger partial charge in [0.1, 0.15) is 6.04 Å². The number of methoxy groups -OCH3 is 1. The molecule has 1 aliphatic carbocycles. The first-order valence-corrected chi connectivity index (χ1v) is 9.28. The highest BCUT2D eigenvalue weighted by Crippen LogP contribution is 2.47. The molecule has 0 aromatic heterocycles. The van der Waals surface area contributed by atoms with Crippen molar-refractivity contribution >= 4 is 30.4 Å². The van der Waals surface area contributed by atoms with Crippen molar-refractivity contribution in [3.63, 3.8) is 0 Å². The lowest BCUT2D eigenvalue weighted by Gasteiger charge is -2.34. The van der Waals surface area contributed by atoms with Gasteiger partial charge in [0.15, 0.2) is 5.96 Å². The Morgan fingerprint density at radius 1 is 1.10 bits per heavy atom. The highest BCUT2D eigenvalue weighted by Gasteiger charge is 2.41. The number of benzene rings is 2. The molecule has 0 bridgehead atoms. The lowest BCUT2D eigenvalue weighted by Crippen LogP contribution is -2.47. The number of amides is 1. The van der Waals surface area contributed by atoms with Gasteiger partial charge >= 0.3 is 12.1 Å². The summed E-state index contributed by atoms with van der Waals surface area (Å²) in [6.45, 7) is 0.277. The second-order valence-electron chi connectivity index (χ2n) is 6.76. The molecule has 2 aromatic rings. The normalized spacial score (nSPS) is 12.7. The fourth-order valence-electron chi connectivity index (χ4n) is 3.82. The van der Waals surface area contributed by atoms with Gasteiger partial charge in [-0.3, -0.25) is 9.89 Å². The fourth-order valence-corrected chi connectivity index (χ4v) is 3.82. The summed E-state index contributed by atoms with van der Waals surface area (Å²) in [7, 11) is 1.25. The molecule has 0 fully saturated rings. The Hall–Kier alpha value is -3.26. The Balaban J connectivity index is 0.00000320. The monoisotopic (exact) mass is 432 g/mol. The smallest absolute Gasteiger partial charge is 0.411 e. The van der Waals surface area contributed by atoms with Gasteiger partial charge in [0.05, 0.1) is 13.2 Å². The largest absolute Gasteiger partial charge is 0.480 e. The van der Waals surface area contributed by atoms with E-state index in [0.717, 1.165) is 22.3 Å². The number of carboxylic acids is 1. The van der Waals surface area contributed by atoms with E-state index >= 15 is 0 Å². The molecular weight excluding hydrogens is 408 g/mol. The van der Waals surface area contributed by atoms with Crippen molar-refractivity contribution < 1.29 is 19.4 Å². The Bertz CT molecular complexity index is 901. The second-order valence-corrected chi connectivity index (χ2v) is 6.76. The maximum Gasteiger partial charge on any atom is 0.411 e. The molecule has 30 heavy (non-hydrogen) atoms. The number of carbonyl (C=O) groups excluding carboxylic acids is 1. The maximum atomic E-state index is 12.8. The molecule has 160 valence electrons. The molecule has 9 heteroatoms. The summed E-state index contributed by atoms with van der Waals surface area (Å²) in [5, 5.41) is 9.92. The number of rotatable bonds is 7. The maximum absolute atomic E-state index is 12.8. The highest BCUT2D eigenvalue weighted by molar-refractivity contribution is 5.85. The number of nitrogens with two attached hydrogens (primary N) is 2. The summed E-state index contributed by atoms with van der Waals surface area (Å²) in [6.07, 6.45) is -0.115. The molecule has 3 rings (SSSR count). The number of carboxylic acid groups (broad SMARTS) is 1. The van der Waals surface area contributed by atoms with E-state index in [9.17, 15) is 14.7 Å². The minimum absolute atomic E-state index is 0. The zero-order valence-electron chi connectivity index (χ0n) is 16.5. The van der Waals surface area contributed by atoms with Crippen LogP contribution in [0.25, 0.3) is 11.1 Å². The van der Waals surface area contributed by atoms with Crippen molar-refractivity contribution in [3.05, 3.63) is 59.7 Å². The van der Waals surface area contributed by atoms with Crippen LogP contribution in [0.1, 0.15) is 30.0 Å². The summed E-state index contributed by atoms with van der Waals surface area (Å²) < 4.78 is 4.99. The molecule has 0 radical (unpaired) electrons. The number of carbonyl (C=O) groups is 2. The molecule has 0 saturated heterocycles. The standard InChI is InChI=1S/C21H24N4O4.ClH/c1-29-21(28)25(17(19(26)27)11-6-12-24-20(22)23)18-15-9-4-2-7-13(15)14-8-3-5-10-16(14)18;/h2-5,7-10,17-18H,6,11-12H2,1H3,(H,26,27)(H4,22,23,24);1H/t17-;/m1./s1. The van der Waals surface area contributed by atoms with Gasteiger partial charge in [-0.15, -0.1) is 12.4 Å². The zero-order valence-corrected chi connectivity index (χ0v) is 17.3. The Kier molecular flexibility index (Phi) is 7.66. The topological polar surface area (TPSA) is 131 Å². The third kappa shape index (κ3) is 4.49. The van der Waals surface area contributed by atoms with E-state index in [0.29, 0.717) is 6.42 Å². The van der Waals surface area contributed by atoms with Crippen LogP contribution in [-0.4, -0.2) is 47.7 Å². The van der Waals surface area contributed by atoms with Crippen LogP contribution >= 0.6 is 12.4 Å². The molecule has 5 N–H and O–H groups in total. The number of guanidine groups is 1. The SMILES string of the molecule is COC(=O)N(C1c2ccccc2-c2ccccc21)[C@H](CCCN=C(N)N)C(=O)O.Cl. The van der Waals surface area contributed by atoms with Gasteiger partial charge in [-0.2, -0.15) is 0 Å². The van der Waals surface area contributed by atoms with Crippen LogP contribution < -0.4 is 11.5 Å². The van der Waals surface area contributed by atoms with Crippen molar-refractivity contribution in [2.24, 2.45) is 16.5 Å². The molecule has 0 unspecified atom stereocenters. The van der Waals surface area contributed by atoms with E-state index in [4.69, 9.17) is 16.2 Å². The molecular formula is C21H25ClN4O4.